The molecule has 1 aromatic heterocycles. The molecule has 0 unspecified atom stereocenters. The van der Waals surface area contributed by atoms with Crippen molar-refractivity contribution in [3.63, 3.8) is 0 Å². The van der Waals surface area contributed by atoms with Crippen LogP contribution in [0.1, 0.15) is 56.1 Å². The molecule has 3 rings (SSSR count). The molecule has 2 aromatic carbocycles. The van der Waals surface area contributed by atoms with Gasteiger partial charge in [-0.3, -0.25) is 0 Å². The number of hydrogen-bond donors (Lipinski definition) is 0. The van der Waals surface area contributed by atoms with E-state index in [1.807, 2.05) is 6.08 Å². The minimum Gasteiger partial charge on any atom is -0.340 e. The normalized spacial score (nSPS) is 11.4. The molecule has 1 nitrogen and oxygen atoms in total. The Balaban J connectivity index is 1.71. The fourth-order valence-electron chi connectivity index (χ4n) is 3.84. The number of unbranched alkanes of at least 4 members (excludes halogenated alkanes) is 6. The molecule has 0 N–H and O–H groups in total. The highest BCUT2D eigenvalue weighted by Gasteiger charge is 2.10. The quantitative estimate of drug-likeness (QED) is 0.285. The van der Waals surface area contributed by atoms with Gasteiger partial charge in [-0.1, -0.05) is 55.0 Å². The molecule has 0 aliphatic rings. The van der Waals surface area contributed by atoms with E-state index in [2.05, 4.69) is 61.4 Å². The van der Waals surface area contributed by atoms with Gasteiger partial charge in [0.1, 0.15) is 0 Å². The molecule has 1 heterocycles. The Kier molecular flexibility index (Phi) is 5.96. The zero-order valence-corrected chi connectivity index (χ0v) is 15.9. The Hall–Kier alpha value is -2.02. The Bertz CT molecular complexity index is 794. The molecule has 0 bridgehead atoms. The molecule has 0 atom stereocenters. The van der Waals surface area contributed by atoms with Crippen LogP contribution in [-0.2, 0) is 6.54 Å². The average Bonchev–Trinajstić information content (AvgIpc) is 2.90. The van der Waals surface area contributed by atoms with Gasteiger partial charge in [-0.2, -0.15) is 0 Å². The van der Waals surface area contributed by atoms with Crippen molar-refractivity contribution in [1.29, 1.82) is 0 Å². The van der Waals surface area contributed by atoms with E-state index in [0.717, 1.165) is 6.54 Å². The van der Waals surface area contributed by atoms with Crippen LogP contribution in [0.3, 0.4) is 0 Å². The van der Waals surface area contributed by atoms with Crippen LogP contribution in [0.25, 0.3) is 21.8 Å². The second kappa shape index (κ2) is 8.38. The van der Waals surface area contributed by atoms with Crippen LogP contribution in [0.5, 0.6) is 0 Å². The van der Waals surface area contributed by atoms with E-state index in [-0.39, 0.29) is 0 Å². The van der Waals surface area contributed by atoms with E-state index in [0.29, 0.717) is 0 Å². The van der Waals surface area contributed by atoms with Crippen LogP contribution in [0, 0.1) is 13.8 Å². The van der Waals surface area contributed by atoms with Crippen molar-refractivity contribution in [3.05, 3.63) is 60.2 Å². The zero-order chi connectivity index (χ0) is 17.6. The lowest BCUT2D eigenvalue weighted by Crippen LogP contribution is -1.97. The number of fused-ring (bicyclic) bond motifs is 3. The summed E-state index contributed by atoms with van der Waals surface area (Å²) >= 11 is 0. The predicted molar refractivity (Wildman–Crippen MR) is 111 cm³/mol. The molecule has 0 radical (unpaired) electrons. The topological polar surface area (TPSA) is 4.93 Å². The van der Waals surface area contributed by atoms with Gasteiger partial charge in [0.25, 0.3) is 0 Å². The van der Waals surface area contributed by atoms with Crippen molar-refractivity contribution in [1.82, 2.24) is 4.57 Å². The largest absolute Gasteiger partial charge is 0.340 e. The first-order valence-corrected chi connectivity index (χ1v) is 9.81. The van der Waals surface area contributed by atoms with E-state index in [1.165, 1.54) is 77.9 Å². The molecule has 3 aromatic rings. The maximum Gasteiger partial charge on any atom is 0.0491 e. The van der Waals surface area contributed by atoms with Crippen LogP contribution in [0.4, 0.5) is 0 Å². The molecule has 0 saturated heterocycles. The van der Waals surface area contributed by atoms with Crippen molar-refractivity contribution >= 4 is 21.8 Å². The second-order valence-electron chi connectivity index (χ2n) is 7.39. The number of rotatable bonds is 9. The van der Waals surface area contributed by atoms with E-state index in [1.54, 1.807) is 0 Å². The van der Waals surface area contributed by atoms with Gasteiger partial charge in [-0.05, 0) is 57.4 Å². The first kappa shape index (κ1) is 17.8. The van der Waals surface area contributed by atoms with Gasteiger partial charge >= 0.3 is 0 Å². The number of nitrogens with zero attached hydrogens (tertiary/aromatic N) is 1. The lowest BCUT2D eigenvalue weighted by atomic mass is 10.1. The molecule has 1 heteroatoms. The Morgan fingerprint density at radius 3 is 1.84 bits per heavy atom. The molecule has 0 spiro atoms. The van der Waals surface area contributed by atoms with E-state index in [9.17, 15) is 0 Å². The van der Waals surface area contributed by atoms with Gasteiger partial charge < -0.3 is 4.57 Å². The Labute approximate surface area is 152 Å². The summed E-state index contributed by atoms with van der Waals surface area (Å²) < 4.78 is 2.53. The monoisotopic (exact) mass is 333 g/mol. The number of aryl methyl sites for hydroxylation is 3. The highest BCUT2D eigenvalue weighted by Crippen LogP contribution is 2.31. The van der Waals surface area contributed by atoms with Crippen LogP contribution in [0.15, 0.2) is 49.1 Å². The summed E-state index contributed by atoms with van der Waals surface area (Å²) in [6.45, 7) is 9.29. The molecule has 0 amide bonds. The minimum atomic E-state index is 1.12. The zero-order valence-electron chi connectivity index (χ0n) is 15.9. The summed E-state index contributed by atoms with van der Waals surface area (Å²) in [5.41, 5.74) is 5.45. The fourth-order valence-corrected chi connectivity index (χ4v) is 3.84. The van der Waals surface area contributed by atoms with Crippen LogP contribution >= 0.6 is 0 Å². The first-order valence-electron chi connectivity index (χ1n) is 9.81. The number of aromatic nitrogens is 1. The lowest BCUT2D eigenvalue weighted by Gasteiger charge is -2.08. The fraction of sp³-hybridized carbons (Fsp3) is 0.417. The highest BCUT2D eigenvalue weighted by atomic mass is 15.0. The molecule has 0 aliphatic carbocycles. The third kappa shape index (κ3) is 4.15. The summed E-state index contributed by atoms with van der Waals surface area (Å²) in [4.78, 5) is 0. The van der Waals surface area contributed by atoms with Gasteiger partial charge in [0.05, 0.1) is 0 Å². The predicted octanol–water partition coefficient (Wildman–Crippen LogP) is 7.33. The third-order valence-electron chi connectivity index (χ3n) is 5.22. The standard InChI is InChI=1S/C24H31N/c1-4-5-6-7-8-9-10-11-16-25-23-14-12-19(2)17-21(23)22-18-20(3)13-15-24(22)25/h4,12-15,17-18H,1,5-11,16H2,2-3H3. The average molecular weight is 334 g/mol. The van der Waals surface area contributed by atoms with Gasteiger partial charge in [-0.25, -0.2) is 0 Å². The van der Waals surface area contributed by atoms with Gasteiger partial charge in [0.15, 0.2) is 0 Å². The van der Waals surface area contributed by atoms with Crippen LogP contribution < -0.4 is 0 Å². The molecule has 0 saturated carbocycles. The van der Waals surface area contributed by atoms with Gasteiger partial charge in [0.2, 0.25) is 0 Å². The summed E-state index contributed by atoms with van der Waals surface area (Å²) in [5, 5.41) is 2.81. The summed E-state index contributed by atoms with van der Waals surface area (Å²) in [7, 11) is 0. The molecule has 132 valence electrons. The van der Waals surface area contributed by atoms with Crippen molar-refractivity contribution < 1.29 is 0 Å². The first-order chi connectivity index (χ1) is 12.2. The SMILES string of the molecule is C=CCCCCCCCCn1c2ccc(C)cc2c2cc(C)ccc21. The van der Waals surface area contributed by atoms with Gasteiger partial charge in [0, 0.05) is 28.4 Å². The van der Waals surface area contributed by atoms with Crippen LogP contribution in [-0.4, -0.2) is 4.57 Å². The van der Waals surface area contributed by atoms with Crippen molar-refractivity contribution in [2.24, 2.45) is 0 Å². The maximum atomic E-state index is 3.79. The molecule has 0 aliphatic heterocycles. The Morgan fingerprint density at radius 1 is 0.760 bits per heavy atom. The maximum absolute atomic E-state index is 3.79. The third-order valence-corrected chi connectivity index (χ3v) is 5.22. The number of allylic oxidation sites excluding steroid dienone is 1. The Morgan fingerprint density at radius 2 is 1.28 bits per heavy atom. The highest BCUT2D eigenvalue weighted by molar-refractivity contribution is 6.08. The number of hydrogen-bond acceptors (Lipinski definition) is 0. The summed E-state index contributed by atoms with van der Waals surface area (Å²) in [6, 6.07) is 13.8. The van der Waals surface area contributed by atoms with E-state index < -0.39 is 0 Å². The van der Waals surface area contributed by atoms with Gasteiger partial charge in [-0.15, -0.1) is 6.58 Å². The van der Waals surface area contributed by atoms with Crippen molar-refractivity contribution in [2.45, 2.75) is 65.3 Å². The van der Waals surface area contributed by atoms with Crippen molar-refractivity contribution in [3.8, 4) is 0 Å². The lowest BCUT2D eigenvalue weighted by molar-refractivity contribution is 0.565. The smallest absolute Gasteiger partial charge is 0.0491 e. The van der Waals surface area contributed by atoms with E-state index in [4.69, 9.17) is 0 Å². The van der Waals surface area contributed by atoms with E-state index >= 15 is 0 Å². The minimum absolute atomic E-state index is 1.12. The second-order valence-corrected chi connectivity index (χ2v) is 7.39. The summed E-state index contributed by atoms with van der Waals surface area (Å²) in [5.74, 6) is 0. The molecule has 0 fully saturated rings. The summed E-state index contributed by atoms with van der Waals surface area (Å²) in [6.07, 6.45) is 11.2. The number of benzene rings is 2. The molecular weight excluding hydrogens is 302 g/mol. The van der Waals surface area contributed by atoms with Crippen molar-refractivity contribution in [2.75, 3.05) is 0 Å². The van der Waals surface area contributed by atoms with Crippen LogP contribution in [0.2, 0.25) is 0 Å². The molecular formula is C24H31N. The molecule has 25 heavy (non-hydrogen) atoms.